The zero-order valence-corrected chi connectivity index (χ0v) is 18.2. The van der Waals surface area contributed by atoms with Gasteiger partial charge in [0.2, 0.25) is 17.7 Å². The van der Waals surface area contributed by atoms with Crippen molar-refractivity contribution in [3.8, 4) is 17.0 Å². The molecule has 1 aliphatic rings. The van der Waals surface area contributed by atoms with Crippen molar-refractivity contribution >= 4 is 28.4 Å². The molecule has 178 valence electrons. The van der Waals surface area contributed by atoms with Crippen LogP contribution in [-0.4, -0.2) is 79.5 Å². The number of hydrogen-bond acceptors (Lipinski definition) is 7. The third-order valence-electron chi connectivity index (χ3n) is 5.86. The van der Waals surface area contributed by atoms with Gasteiger partial charge in [0.1, 0.15) is 23.9 Å². The Hall–Kier alpha value is -3.83. The number of nitrogens with zero attached hydrogens (tertiary/aromatic N) is 7. The lowest BCUT2D eigenvalue weighted by Crippen LogP contribution is -2.49. The standard InChI is InChI=1S/C22H24F2N8O2/c1-13(33)30-8-6-17(16(24)12-30)25-22-26-21(34-2)20-15(5-9-32(20)28-22)14-3-4-18-19(11-14)31(10-7-23)29-27-18/h3-5,9,11,16-17H,6-8,10,12H2,1-2H3,(H,25,28)/t16-,17+/m1/s1/i1D3,9D. The number of amides is 1. The zero-order chi connectivity index (χ0) is 27.2. The monoisotopic (exact) mass is 474 g/mol. The number of carbonyl (C=O) groups excluding carboxylic acids is 1. The first-order valence-electron chi connectivity index (χ1n) is 12.6. The summed E-state index contributed by atoms with van der Waals surface area (Å²) in [5.74, 6) is -0.941. The minimum Gasteiger partial charge on any atom is -0.479 e. The molecule has 1 aromatic carbocycles. The van der Waals surface area contributed by atoms with Crippen LogP contribution in [0.1, 0.15) is 18.8 Å². The Balaban J connectivity index is 1.45. The minimum absolute atomic E-state index is 0.00826. The predicted octanol–water partition coefficient (Wildman–Crippen LogP) is 2.49. The van der Waals surface area contributed by atoms with Crippen molar-refractivity contribution in [3.63, 3.8) is 0 Å². The summed E-state index contributed by atoms with van der Waals surface area (Å²) in [6, 6.07) is 6.12. The van der Waals surface area contributed by atoms with Crippen LogP contribution in [0.4, 0.5) is 14.7 Å². The first-order valence-corrected chi connectivity index (χ1v) is 10.6. The molecule has 0 aliphatic carbocycles. The SMILES string of the molecule is [2H]c1cc(-c2ccc3nnn(CCF)c3c2)c2c(OC)nc(N[C@H]3CCN(C(=O)C([2H])([2H])[2H])C[C@H]3F)nn12. The van der Waals surface area contributed by atoms with Crippen LogP contribution in [0.5, 0.6) is 5.88 Å². The van der Waals surface area contributed by atoms with Gasteiger partial charge in [-0.05, 0) is 30.2 Å². The summed E-state index contributed by atoms with van der Waals surface area (Å²) in [5.41, 5.74) is 2.91. The zero-order valence-electron chi connectivity index (χ0n) is 22.2. The van der Waals surface area contributed by atoms with Gasteiger partial charge in [-0.15, -0.1) is 10.2 Å². The molecule has 0 spiro atoms. The number of nitrogens with one attached hydrogen (secondary N) is 1. The van der Waals surface area contributed by atoms with Crippen LogP contribution in [0, 0.1) is 0 Å². The Bertz CT molecular complexity index is 1510. The number of hydrogen-bond donors (Lipinski definition) is 1. The maximum atomic E-state index is 14.9. The Kier molecular flexibility index (Phi) is 4.58. The second kappa shape index (κ2) is 8.84. The third-order valence-corrected chi connectivity index (χ3v) is 5.86. The van der Waals surface area contributed by atoms with Gasteiger partial charge >= 0.3 is 0 Å². The summed E-state index contributed by atoms with van der Waals surface area (Å²) in [6.45, 7) is -3.68. The number of rotatable bonds is 6. The van der Waals surface area contributed by atoms with Gasteiger partial charge in [0.15, 0.2) is 0 Å². The van der Waals surface area contributed by atoms with E-state index in [9.17, 15) is 13.6 Å². The second-order valence-corrected chi connectivity index (χ2v) is 7.90. The molecule has 2 atom stereocenters. The van der Waals surface area contributed by atoms with Gasteiger partial charge in [-0.1, -0.05) is 11.3 Å². The van der Waals surface area contributed by atoms with Crippen molar-refractivity contribution in [2.75, 3.05) is 32.2 Å². The molecule has 0 radical (unpaired) electrons. The number of ether oxygens (including phenoxy) is 1. The largest absolute Gasteiger partial charge is 0.479 e. The number of anilines is 1. The Morgan fingerprint density at radius 1 is 1.41 bits per heavy atom. The van der Waals surface area contributed by atoms with Gasteiger partial charge in [0.05, 0.1) is 33.1 Å². The van der Waals surface area contributed by atoms with E-state index in [4.69, 9.17) is 10.2 Å². The Morgan fingerprint density at radius 3 is 3.06 bits per heavy atom. The number of carbonyl (C=O) groups is 1. The third kappa shape index (κ3) is 3.88. The van der Waals surface area contributed by atoms with Gasteiger partial charge in [-0.2, -0.15) is 4.98 Å². The summed E-state index contributed by atoms with van der Waals surface area (Å²) in [7, 11) is 1.41. The summed E-state index contributed by atoms with van der Waals surface area (Å²) in [6.07, 6.45) is -1.41. The lowest BCUT2D eigenvalue weighted by atomic mass is 10.0. The lowest BCUT2D eigenvalue weighted by Gasteiger charge is -2.34. The van der Waals surface area contributed by atoms with Crippen molar-refractivity contribution in [2.45, 2.75) is 32.0 Å². The molecule has 10 nitrogen and oxygen atoms in total. The van der Waals surface area contributed by atoms with E-state index in [1.807, 2.05) is 0 Å². The van der Waals surface area contributed by atoms with Gasteiger partial charge in [-0.3, -0.25) is 4.79 Å². The van der Waals surface area contributed by atoms with E-state index in [0.29, 0.717) is 27.7 Å². The highest BCUT2D eigenvalue weighted by Crippen LogP contribution is 2.33. The summed E-state index contributed by atoms with van der Waals surface area (Å²) in [4.78, 5) is 17.4. The number of methoxy groups -OCH3 is 1. The van der Waals surface area contributed by atoms with Crippen LogP contribution in [-0.2, 0) is 11.3 Å². The number of aryl methyl sites for hydroxylation is 1. The molecular formula is C22H24F2N8O2. The average Bonchev–Trinajstić information content (AvgIpc) is 3.44. The van der Waals surface area contributed by atoms with E-state index in [2.05, 4.69) is 25.7 Å². The molecule has 4 heterocycles. The van der Waals surface area contributed by atoms with Gasteiger partial charge in [0.25, 0.3) is 0 Å². The quantitative estimate of drug-likeness (QED) is 0.458. The molecule has 1 aliphatic heterocycles. The first-order chi connectivity index (χ1) is 18.1. The number of likely N-dealkylation sites (tertiary alicyclic amines) is 1. The fourth-order valence-electron chi connectivity index (χ4n) is 4.14. The van der Waals surface area contributed by atoms with E-state index in [1.165, 1.54) is 16.3 Å². The van der Waals surface area contributed by atoms with E-state index in [1.54, 1.807) is 24.3 Å². The normalized spacial score (nSPS) is 20.6. The molecule has 1 N–H and O–H groups in total. The van der Waals surface area contributed by atoms with Crippen LogP contribution in [0.15, 0.2) is 30.4 Å². The van der Waals surface area contributed by atoms with E-state index in [0.717, 1.165) is 4.90 Å². The number of alkyl halides is 2. The number of aromatic nitrogens is 6. The molecule has 12 heteroatoms. The topological polar surface area (TPSA) is 102 Å². The maximum absolute atomic E-state index is 14.9. The predicted molar refractivity (Wildman–Crippen MR) is 121 cm³/mol. The molecule has 0 saturated carbocycles. The van der Waals surface area contributed by atoms with Crippen LogP contribution < -0.4 is 10.1 Å². The highest BCUT2D eigenvalue weighted by Gasteiger charge is 2.31. The Morgan fingerprint density at radius 2 is 2.29 bits per heavy atom. The molecule has 1 amide bonds. The van der Waals surface area contributed by atoms with Crippen molar-refractivity contribution in [2.24, 2.45) is 0 Å². The molecule has 5 rings (SSSR count). The molecule has 0 bridgehead atoms. The van der Waals surface area contributed by atoms with E-state index >= 15 is 0 Å². The fraction of sp³-hybridized carbons (Fsp3) is 0.409. The number of halogens is 2. The lowest BCUT2D eigenvalue weighted by molar-refractivity contribution is -0.131. The molecule has 4 aromatic rings. The smallest absolute Gasteiger partial charge is 0.244 e. The average molecular weight is 475 g/mol. The molecule has 1 saturated heterocycles. The van der Waals surface area contributed by atoms with Gasteiger partial charge in [0, 0.05) is 29.2 Å². The van der Waals surface area contributed by atoms with E-state index < -0.39 is 31.6 Å². The fourth-order valence-corrected chi connectivity index (χ4v) is 4.14. The summed E-state index contributed by atoms with van der Waals surface area (Å²) in [5, 5.41) is 15.3. The number of benzene rings is 1. The molecule has 3 aromatic heterocycles. The second-order valence-electron chi connectivity index (χ2n) is 7.90. The Labute approximate surface area is 199 Å². The van der Waals surface area contributed by atoms with Crippen LogP contribution >= 0.6 is 0 Å². The van der Waals surface area contributed by atoms with Crippen LogP contribution in [0.2, 0.25) is 0 Å². The number of piperidine rings is 1. The molecule has 34 heavy (non-hydrogen) atoms. The van der Waals surface area contributed by atoms with Crippen molar-refractivity contribution in [1.82, 2.24) is 34.5 Å². The van der Waals surface area contributed by atoms with Crippen molar-refractivity contribution < 1.29 is 23.8 Å². The number of fused-ring (bicyclic) bond motifs is 2. The van der Waals surface area contributed by atoms with Gasteiger partial charge in [-0.25, -0.2) is 18.0 Å². The summed E-state index contributed by atoms with van der Waals surface area (Å²) >= 11 is 0. The van der Waals surface area contributed by atoms with E-state index in [-0.39, 0.29) is 44.1 Å². The highest BCUT2D eigenvalue weighted by molar-refractivity contribution is 5.89. The maximum Gasteiger partial charge on any atom is 0.244 e. The first kappa shape index (κ1) is 17.6. The van der Waals surface area contributed by atoms with Crippen LogP contribution in [0.3, 0.4) is 0 Å². The van der Waals surface area contributed by atoms with Crippen molar-refractivity contribution in [1.29, 1.82) is 0 Å². The molecule has 0 unspecified atom stereocenters. The molecule has 1 fully saturated rings. The highest BCUT2D eigenvalue weighted by atomic mass is 19.1. The minimum atomic E-state index is -2.83. The summed E-state index contributed by atoms with van der Waals surface area (Å²) < 4.78 is 66.4. The van der Waals surface area contributed by atoms with Crippen molar-refractivity contribution in [3.05, 3.63) is 30.4 Å². The van der Waals surface area contributed by atoms with Crippen LogP contribution in [0.25, 0.3) is 27.7 Å². The molecular weight excluding hydrogens is 446 g/mol. The van der Waals surface area contributed by atoms with Gasteiger partial charge < -0.3 is 15.0 Å².